The van der Waals surface area contributed by atoms with E-state index in [-0.39, 0.29) is 12.8 Å². The summed E-state index contributed by atoms with van der Waals surface area (Å²) in [5, 5.41) is 19.3. The maximum absolute atomic E-state index is 11.5. The average Bonchev–Trinajstić information content (AvgIpc) is 3.51. The molecular formula is C34H35NO5. The lowest BCUT2D eigenvalue weighted by Gasteiger charge is -2.10. The molecule has 1 aromatic heterocycles. The molecule has 6 heteroatoms. The summed E-state index contributed by atoms with van der Waals surface area (Å²) in [5.41, 5.74) is 6.59. The van der Waals surface area contributed by atoms with Gasteiger partial charge < -0.3 is 19.5 Å². The highest BCUT2D eigenvalue weighted by Gasteiger charge is 2.20. The number of carbonyl (C=O) groups is 2. The minimum absolute atomic E-state index is 0.0720. The molecule has 0 saturated carbocycles. The van der Waals surface area contributed by atoms with E-state index in [1.54, 1.807) is 0 Å². The minimum Gasteiger partial charge on any atom is -0.494 e. The van der Waals surface area contributed by atoms with Crippen LogP contribution in [-0.2, 0) is 35.4 Å². The first kappa shape index (κ1) is 27.3. The Morgan fingerprint density at radius 1 is 0.875 bits per heavy atom. The lowest BCUT2D eigenvalue weighted by Crippen LogP contribution is -2.04. The number of aryl methyl sites for hydroxylation is 1. The monoisotopic (exact) mass is 537 g/mol. The molecule has 1 aliphatic rings. The van der Waals surface area contributed by atoms with Crippen LogP contribution in [0.15, 0.2) is 72.9 Å². The van der Waals surface area contributed by atoms with Crippen LogP contribution in [0.2, 0.25) is 0 Å². The van der Waals surface area contributed by atoms with E-state index in [1.165, 1.54) is 30.4 Å². The van der Waals surface area contributed by atoms with Gasteiger partial charge >= 0.3 is 11.9 Å². The summed E-state index contributed by atoms with van der Waals surface area (Å²) in [6, 6.07) is 22.7. The first-order chi connectivity index (χ1) is 19.5. The SMILES string of the molecule is O=C(O)CCCn1cc(CC(=O)O)c2c(/C=C/c3ccc(OCCCC4Cc5ccccc5C4)cc3)cccc21. The number of rotatable bonds is 13. The van der Waals surface area contributed by atoms with E-state index >= 15 is 0 Å². The van der Waals surface area contributed by atoms with Gasteiger partial charge in [-0.15, -0.1) is 0 Å². The Hall–Kier alpha value is -4.32. The van der Waals surface area contributed by atoms with Gasteiger partial charge in [0, 0.05) is 30.1 Å². The Kier molecular flexibility index (Phi) is 8.65. The lowest BCUT2D eigenvalue weighted by molar-refractivity contribution is -0.137. The maximum atomic E-state index is 11.5. The standard InChI is InChI=1S/C34H35NO5/c36-32(37)11-4-18-35-23-29(22-33(38)39)34-26(9-3-10-31(34)35)15-12-24-13-16-30(17-14-24)40-19-5-6-25-20-27-7-1-2-8-28(27)21-25/h1-3,7-10,12-17,23,25H,4-6,11,18-22H2,(H,36,37)(H,38,39)/b15-12+. The van der Waals surface area contributed by atoms with Crippen molar-refractivity contribution in [3.05, 3.63) is 101 Å². The van der Waals surface area contributed by atoms with Gasteiger partial charge in [0.05, 0.1) is 13.0 Å². The van der Waals surface area contributed by atoms with Crippen LogP contribution < -0.4 is 4.74 Å². The van der Waals surface area contributed by atoms with Crippen molar-refractivity contribution >= 4 is 35.0 Å². The summed E-state index contributed by atoms with van der Waals surface area (Å²) in [6.45, 7) is 1.23. The fourth-order valence-electron chi connectivity index (χ4n) is 5.77. The normalized spacial score (nSPS) is 13.2. The minimum atomic E-state index is -0.896. The van der Waals surface area contributed by atoms with Gasteiger partial charge in [0.2, 0.25) is 0 Å². The van der Waals surface area contributed by atoms with Crippen molar-refractivity contribution in [1.29, 1.82) is 0 Å². The summed E-state index contributed by atoms with van der Waals surface area (Å²) in [4.78, 5) is 22.5. The zero-order valence-corrected chi connectivity index (χ0v) is 22.6. The van der Waals surface area contributed by atoms with Gasteiger partial charge in [-0.3, -0.25) is 9.59 Å². The molecule has 3 aromatic carbocycles. The molecule has 0 spiro atoms. The average molecular weight is 538 g/mol. The molecule has 0 amide bonds. The van der Waals surface area contributed by atoms with Crippen molar-refractivity contribution in [2.45, 2.75) is 51.5 Å². The predicted molar refractivity (Wildman–Crippen MR) is 158 cm³/mol. The third kappa shape index (κ3) is 6.81. The summed E-state index contributed by atoms with van der Waals surface area (Å²) < 4.78 is 7.97. The van der Waals surface area contributed by atoms with Gasteiger partial charge in [-0.05, 0) is 84.0 Å². The highest BCUT2D eigenvalue weighted by molar-refractivity contribution is 5.96. The van der Waals surface area contributed by atoms with Crippen molar-refractivity contribution in [2.24, 2.45) is 5.92 Å². The number of fused-ring (bicyclic) bond motifs is 2. The van der Waals surface area contributed by atoms with Crippen molar-refractivity contribution < 1.29 is 24.5 Å². The van der Waals surface area contributed by atoms with Crippen LogP contribution >= 0.6 is 0 Å². The molecule has 0 saturated heterocycles. The molecule has 1 heterocycles. The fraction of sp³-hybridized carbons (Fsp3) is 0.294. The van der Waals surface area contributed by atoms with E-state index in [1.807, 2.05) is 65.4 Å². The number of aromatic nitrogens is 1. The largest absolute Gasteiger partial charge is 0.494 e. The first-order valence-electron chi connectivity index (χ1n) is 14.0. The summed E-state index contributed by atoms with van der Waals surface area (Å²) in [5.74, 6) is -0.156. The zero-order valence-electron chi connectivity index (χ0n) is 22.6. The van der Waals surface area contributed by atoms with E-state index < -0.39 is 11.9 Å². The summed E-state index contributed by atoms with van der Waals surface area (Å²) in [7, 11) is 0. The Morgan fingerprint density at radius 3 is 2.33 bits per heavy atom. The van der Waals surface area contributed by atoms with Gasteiger partial charge in [0.1, 0.15) is 5.75 Å². The molecule has 0 atom stereocenters. The smallest absolute Gasteiger partial charge is 0.307 e. The molecule has 0 fully saturated rings. The van der Waals surface area contributed by atoms with Crippen LogP contribution in [0, 0.1) is 5.92 Å². The number of carboxylic acids is 2. The van der Waals surface area contributed by atoms with Crippen LogP contribution in [0.3, 0.4) is 0 Å². The molecule has 0 aliphatic heterocycles. The molecule has 5 rings (SSSR count). The third-order valence-corrected chi connectivity index (χ3v) is 7.64. The van der Waals surface area contributed by atoms with Crippen molar-refractivity contribution in [3.8, 4) is 5.75 Å². The maximum Gasteiger partial charge on any atom is 0.307 e. The van der Waals surface area contributed by atoms with Gasteiger partial charge in [-0.1, -0.05) is 60.7 Å². The third-order valence-electron chi connectivity index (χ3n) is 7.64. The molecule has 6 nitrogen and oxygen atoms in total. The molecule has 2 N–H and O–H groups in total. The van der Waals surface area contributed by atoms with Crippen molar-refractivity contribution in [3.63, 3.8) is 0 Å². The molecule has 1 aliphatic carbocycles. The van der Waals surface area contributed by atoms with E-state index in [0.717, 1.165) is 45.7 Å². The molecular weight excluding hydrogens is 502 g/mol. The molecule has 40 heavy (non-hydrogen) atoms. The predicted octanol–water partition coefficient (Wildman–Crippen LogP) is 6.88. The molecule has 0 bridgehead atoms. The van der Waals surface area contributed by atoms with Gasteiger partial charge in [0.15, 0.2) is 0 Å². The van der Waals surface area contributed by atoms with E-state index in [0.29, 0.717) is 19.6 Å². The number of ether oxygens (including phenoxy) is 1. The molecule has 206 valence electrons. The number of benzene rings is 3. The van der Waals surface area contributed by atoms with E-state index in [2.05, 4.69) is 24.3 Å². The fourth-order valence-corrected chi connectivity index (χ4v) is 5.77. The van der Waals surface area contributed by atoms with Crippen LogP contribution in [0.25, 0.3) is 23.1 Å². The van der Waals surface area contributed by atoms with Crippen LogP contribution in [0.5, 0.6) is 5.75 Å². The van der Waals surface area contributed by atoms with Crippen LogP contribution in [0.1, 0.15) is 53.5 Å². The quantitative estimate of drug-likeness (QED) is 0.143. The second-order valence-corrected chi connectivity index (χ2v) is 10.6. The Balaban J connectivity index is 1.19. The highest BCUT2D eigenvalue weighted by Crippen LogP contribution is 2.30. The number of hydrogen-bond donors (Lipinski definition) is 2. The number of carboxylic acid groups (broad SMARTS) is 2. The number of nitrogens with zero attached hydrogens (tertiary/aromatic N) is 1. The molecule has 0 unspecified atom stereocenters. The van der Waals surface area contributed by atoms with Gasteiger partial charge in [0.25, 0.3) is 0 Å². The second-order valence-electron chi connectivity index (χ2n) is 10.6. The zero-order chi connectivity index (χ0) is 27.9. The van der Waals surface area contributed by atoms with Crippen molar-refractivity contribution in [1.82, 2.24) is 4.57 Å². The molecule has 0 radical (unpaired) electrons. The first-order valence-corrected chi connectivity index (χ1v) is 14.0. The van der Waals surface area contributed by atoms with Gasteiger partial charge in [-0.2, -0.15) is 0 Å². The van der Waals surface area contributed by atoms with Crippen LogP contribution in [-0.4, -0.2) is 33.3 Å². The van der Waals surface area contributed by atoms with Crippen LogP contribution in [0.4, 0.5) is 0 Å². The van der Waals surface area contributed by atoms with Gasteiger partial charge in [-0.25, -0.2) is 0 Å². The summed E-state index contributed by atoms with van der Waals surface area (Å²) in [6.07, 6.45) is 10.9. The number of aliphatic carboxylic acids is 2. The summed E-state index contributed by atoms with van der Waals surface area (Å²) >= 11 is 0. The second kappa shape index (κ2) is 12.7. The number of hydrogen-bond acceptors (Lipinski definition) is 3. The topological polar surface area (TPSA) is 88.8 Å². The van der Waals surface area contributed by atoms with Crippen molar-refractivity contribution in [2.75, 3.05) is 6.61 Å². The van der Waals surface area contributed by atoms with E-state index in [4.69, 9.17) is 9.84 Å². The lowest BCUT2D eigenvalue weighted by atomic mass is 10.0. The Morgan fingerprint density at radius 2 is 1.62 bits per heavy atom. The Labute approximate surface area is 234 Å². The van der Waals surface area contributed by atoms with E-state index in [9.17, 15) is 14.7 Å². The molecule has 4 aromatic rings. The Bertz CT molecular complexity index is 1490. The highest BCUT2D eigenvalue weighted by atomic mass is 16.5.